The van der Waals surface area contributed by atoms with Crippen molar-refractivity contribution < 1.29 is 14.7 Å². The van der Waals surface area contributed by atoms with Crippen LogP contribution in [-0.4, -0.2) is 27.7 Å². The van der Waals surface area contributed by atoms with Gasteiger partial charge in [0, 0.05) is 11.4 Å². The molecule has 1 fully saturated rings. The van der Waals surface area contributed by atoms with E-state index in [1.54, 1.807) is 12.1 Å². The summed E-state index contributed by atoms with van der Waals surface area (Å²) in [6.07, 6.45) is 3.11. The lowest BCUT2D eigenvalue weighted by Crippen LogP contribution is -2.46. The standard InChI is InChI=1S/C19H23N3O4/c1-11-6-5-9-15(12(11)2)20-16(23)10-22-18(24)14-8-4-3-7-13(14)17(21-22)19(25)26/h3-4,7-8,11-12,15H,5-6,9-10H2,1-2H3,(H,20,23)(H,25,26)/p-1/t11-,12-,15+/m0/s1. The van der Waals surface area contributed by atoms with Crippen LogP contribution >= 0.6 is 0 Å². The molecule has 0 spiro atoms. The molecule has 1 N–H and O–H groups in total. The third-order valence-electron chi connectivity index (χ3n) is 5.41. The molecule has 7 heteroatoms. The van der Waals surface area contributed by atoms with Crippen LogP contribution in [0.1, 0.15) is 43.6 Å². The predicted molar refractivity (Wildman–Crippen MR) is 94.4 cm³/mol. The van der Waals surface area contributed by atoms with Gasteiger partial charge in [-0.3, -0.25) is 9.59 Å². The van der Waals surface area contributed by atoms with Crippen LogP contribution < -0.4 is 16.0 Å². The van der Waals surface area contributed by atoms with Crippen molar-refractivity contribution in [1.29, 1.82) is 0 Å². The third-order valence-corrected chi connectivity index (χ3v) is 5.41. The number of rotatable bonds is 4. The van der Waals surface area contributed by atoms with E-state index < -0.39 is 11.5 Å². The molecule has 7 nitrogen and oxygen atoms in total. The maximum atomic E-state index is 12.6. The zero-order valence-corrected chi connectivity index (χ0v) is 14.9. The Balaban J connectivity index is 1.86. The van der Waals surface area contributed by atoms with Crippen molar-refractivity contribution in [1.82, 2.24) is 15.1 Å². The molecule has 3 atom stereocenters. The Kier molecular flexibility index (Phi) is 5.06. The number of aromatic carboxylic acids is 1. The maximum Gasteiger partial charge on any atom is 0.275 e. The van der Waals surface area contributed by atoms with Crippen molar-refractivity contribution in [3.05, 3.63) is 40.3 Å². The fourth-order valence-electron chi connectivity index (χ4n) is 3.67. The van der Waals surface area contributed by atoms with Gasteiger partial charge < -0.3 is 15.2 Å². The van der Waals surface area contributed by atoms with Crippen molar-refractivity contribution >= 4 is 22.6 Å². The van der Waals surface area contributed by atoms with Crippen LogP contribution in [0.5, 0.6) is 0 Å². The van der Waals surface area contributed by atoms with Crippen molar-refractivity contribution in [2.24, 2.45) is 11.8 Å². The van der Waals surface area contributed by atoms with Gasteiger partial charge in [0.25, 0.3) is 5.56 Å². The van der Waals surface area contributed by atoms with Gasteiger partial charge >= 0.3 is 0 Å². The van der Waals surface area contributed by atoms with Crippen molar-refractivity contribution in [2.45, 2.75) is 45.7 Å². The topological polar surface area (TPSA) is 104 Å². The second-order valence-electron chi connectivity index (χ2n) is 7.09. The summed E-state index contributed by atoms with van der Waals surface area (Å²) in [6, 6.07) is 6.34. The van der Waals surface area contributed by atoms with E-state index in [1.807, 2.05) is 0 Å². The summed E-state index contributed by atoms with van der Waals surface area (Å²) in [5, 5.41) is 18.6. The number of hydrogen-bond donors (Lipinski definition) is 1. The molecular weight excluding hydrogens is 334 g/mol. The van der Waals surface area contributed by atoms with Gasteiger partial charge in [-0.1, -0.05) is 44.9 Å². The number of nitrogens with one attached hydrogen (secondary N) is 1. The first-order chi connectivity index (χ1) is 12.4. The number of carbonyl (C=O) groups excluding carboxylic acids is 2. The van der Waals surface area contributed by atoms with Crippen LogP contribution in [-0.2, 0) is 11.3 Å². The Bertz CT molecular complexity index is 905. The molecule has 1 aliphatic rings. The summed E-state index contributed by atoms with van der Waals surface area (Å²) in [7, 11) is 0. The van der Waals surface area contributed by atoms with E-state index in [4.69, 9.17) is 0 Å². The number of nitrogens with zero attached hydrogens (tertiary/aromatic N) is 2. The van der Waals surface area contributed by atoms with Gasteiger partial charge in [-0.15, -0.1) is 0 Å². The first kappa shape index (κ1) is 18.1. The van der Waals surface area contributed by atoms with Gasteiger partial charge in [-0.25, -0.2) is 4.68 Å². The van der Waals surface area contributed by atoms with E-state index in [0.717, 1.165) is 23.9 Å². The highest BCUT2D eigenvalue weighted by atomic mass is 16.4. The van der Waals surface area contributed by atoms with Gasteiger partial charge in [0.1, 0.15) is 12.2 Å². The normalized spacial score (nSPS) is 22.9. The Hall–Kier alpha value is -2.70. The fraction of sp³-hybridized carbons (Fsp3) is 0.474. The SMILES string of the molecule is C[C@H]1[C@@H](C)CCC[C@H]1NC(=O)Cn1nc(C(=O)[O-])c2ccccc2c1=O. The molecule has 1 aliphatic carbocycles. The van der Waals surface area contributed by atoms with Crippen molar-refractivity contribution in [3.8, 4) is 0 Å². The molecule has 1 heterocycles. The molecule has 3 rings (SSSR count). The summed E-state index contributed by atoms with van der Waals surface area (Å²) in [5.41, 5.74) is -0.835. The lowest BCUT2D eigenvalue weighted by molar-refractivity contribution is -0.255. The minimum Gasteiger partial charge on any atom is -0.543 e. The van der Waals surface area contributed by atoms with E-state index in [-0.39, 0.29) is 35.0 Å². The van der Waals surface area contributed by atoms with E-state index in [1.165, 1.54) is 12.1 Å². The van der Waals surface area contributed by atoms with Gasteiger partial charge in [-0.2, -0.15) is 5.10 Å². The van der Waals surface area contributed by atoms with Crippen LogP contribution in [0, 0.1) is 11.8 Å². The number of benzene rings is 1. The lowest BCUT2D eigenvalue weighted by atomic mass is 9.78. The summed E-state index contributed by atoms with van der Waals surface area (Å²) < 4.78 is 0.903. The van der Waals surface area contributed by atoms with Gasteiger partial charge in [0.15, 0.2) is 0 Å². The molecule has 0 aliphatic heterocycles. The number of hydrogen-bond acceptors (Lipinski definition) is 5. The molecule has 1 amide bonds. The van der Waals surface area contributed by atoms with Gasteiger partial charge in [0.05, 0.1) is 11.4 Å². The minimum absolute atomic E-state index is 0.0584. The Morgan fingerprint density at radius 3 is 2.62 bits per heavy atom. The number of carboxylic acid groups (broad SMARTS) is 1. The second-order valence-corrected chi connectivity index (χ2v) is 7.09. The zero-order chi connectivity index (χ0) is 18.8. The maximum absolute atomic E-state index is 12.6. The fourth-order valence-corrected chi connectivity index (χ4v) is 3.67. The van der Waals surface area contributed by atoms with Crippen LogP contribution in [0.15, 0.2) is 29.1 Å². The molecular formula is C19H22N3O4-. The molecule has 0 radical (unpaired) electrons. The van der Waals surface area contributed by atoms with E-state index in [0.29, 0.717) is 11.8 Å². The lowest BCUT2D eigenvalue weighted by Gasteiger charge is -2.34. The summed E-state index contributed by atoms with van der Waals surface area (Å²) in [4.78, 5) is 36.4. The minimum atomic E-state index is -1.48. The predicted octanol–water partition coefficient (Wildman–Crippen LogP) is 0.701. The molecule has 1 saturated carbocycles. The Morgan fingerprint density at radius 2 is 1.92 bits per heavy atom. The average Bonchev–Trinajstić information content (AvgIpc) is 2.61. The summed E-state index contributed by atoms with van der Waals surface area (Å²) >= 11 is 0. The number of carbonyl (C=O) groups is 2. The number of carboxylic acids is 1. The average molecular weight is 356 g/mol. The monoisotopic (exact) mass is 356 g/mol. The quantitative estimate of drug-likeness (QED) is 0.868. The second kappa shape index (κ2) is 7.27. The van der Waals surface area contributed by atoms with Crippen LogP contribution in [0.25, 0.3) is 10.8 Å². The Labute approximate surface area is 151 Å². The first-order valence-electron chi connectivity index (χ1n) is 8.89. The largest absolute Gasteiger partial charge is 0.543 e. The zero-order valence-electron chi connectivity index (χ0n) is 14.9. The molecule has 1 aromatic heterocycles. The molecule has 0 unspecified atom stereocenters. The summed E-state index contributed by atoms with van der Waals surface area (Å²) in [5.74, 6) is -0.941. The van der Waals surface area contributed by atoms with Crippen molar-refractivity contribution in [3.63, 3.8) is 0 Å². The van der Waals surface area contributed by atoms with Gasteiger partial charge in [-0.05, 0) is 24.3 Å². The number of amides is 1. The molecule has 2 aromatic rings. The van der Waals surface area contributed by atoms with Gasteiger partial charge in [0.2, 0.25) is 5.91 Å². The highest BCUT2D eigenvalue weighted by Crippen LogP contribution is 2.29. The van der Waals surface area contributed by atoms with E-state index in [2.05, 4.69) is 24.3 Å². The first-order valence-corrected chi connectivity index (χ1v) is 8.89. The third kappa shape index (κ3) is 3.47. The van der Waals surface area contributed by atoms with Crippen LogP contribution in [0.4, 0.5) is 0 Å². The number of fused-ring (bicyclic) bond motifs is 1. The molecule has 0 saturated heterocycles. The molecule has 1 aromatic carbocycles. The molecule has 26 heavy (non-hydrogen) atoms. The van der Waals surface area contributed by atoms with E-state index >= 15 is 0 Å². The highest BCUT2D eigenvalue weighted by Gasteiger charge is 2.28. The van der Waals surface area contributed by atoms with Crippen LogP contribution in [0.2, 0.25) is 0 Å². The molecule has 138 valence electrons. The Morgan fingerprint density at radius 1 is 1.23 bits per heavy atom. The smallest absolute Gasteiger partial charge is 0.275 e. The highest BCUT2D eigenvalue weighted by molar-refractivity contribution is 6.00. The van der Waals surface area contributed by atoms with Crippen LogP contribution in [0.3, 0.4) is 0 Å². The van der Waals surface area contributed by atoms with E-state index in [9.17, 15) is 19.5 Å². The summed E-state index contributed by atoms with van der Waals surface area (Å²) in [6.45, 7) is 3.97. The molecule has 0 bridgehead atoms. The number of aromatic nitrogens is 2. The van der Waals surface area contributed by atoms with Crippen molar-refractivity contribution in [2.75, 3.05) is 0 Å².